The second-order valence-corrected chi connectivity index (χ2v) is 9.22. The molecule has 30 heavy (non-hydrogen) atoms. The lowest BCUT2D eigenvalue weighted by Crippen LogP contribution is -2.13. The Morgan fingerprint density at radius 2 is 1.80 bits per heavy atom. The van der Waals surface area contributed by atoms with Crippen LogP contribution in [-0.2, 0) is 0 Å². The number of rotatable bonds is 6. The van der Waals surface area contributed by atoms with E-state index in [0.29, 0.717) is 0 Å². The molecular formula is C25H28N2O2S. The van der Waals surface area contributed by atoms with Crippen molar-refractivity contribution in [1.29, 1.82) is 0 Å². The normalized spacial score (nSPS) is 20.3. The van der Waals surface area contributed by atoms with Gasteiger partial charge in [0.15, 0.2) is 16.6 Å². The SMILES string of the molecule is CCCC1CCC(c2ccc(-c3csc(Nc4ccc5c(c4)OCO5)n3)cc2)CC1. The van der Waals surface area contributed by atoms with Crippen LogP contribution in [0.3, 0.4) is 0 Å². The van der Waals surface area contributed by atoms with Gasteiger partial charge in [-0.1, -0.05) is 44.0 Å². The molecule has 5 heteroatoms. The van der Waals surface area contributed by atoms with E-state index in [0.717, 1.165) is 39.8 Å². The molecule has 2 aromatic carbocycles. The molecule has 1 saturated carbocycles. The van der Waals surface area contributed by atoms with E-state index in [9.17, 15) is 0 Å². The number of nitrogens with zero attached hydrogens (tertiary/aromatic N) is 1. The van der Waals surface area contributed by atoms with Crippen molar-refractivity contribution in [3.63, 3.8) is 0 Å². The summed E-state index contributed by atoms with van der Waals surface area (Å²) >= 11 is 1.62. The van der Waals surface area contributed by atoms with Gasteiger partial charge in [0.1, 0.15) is 0 Å². The zero-order valence-electron chi connectivity index (χ0n) is 17.4. The maximum absolute atomic E-state index is 5.45. The van der Waals surface area contributed by atoms with Crippen molar-refractivity contribution in [2.24, 2.45) is 5.92 Å². The monoisotopic (exact) mass is 420 g/mol. The highest BCUT2D eigenvalue weighted by atomic mass is 32.1. The minimum absolute atomic E-state index is 0.288. The molecule has 3 aromatic rings. The number of thiazole rings is 1. The number of nitrogens with one attached hydrogen (secondary N) is 1. The summed E-state index contributed by atoms with van der Waals surface area (Å²) in [5.41, 5.74) is 4.63. The first-order valence-electron chi connectivity index (χ1n) is 11.0. The van der Waals surface area contributed by atoms with Crippen LogP contribution in [0.4, 0.5) is 10.8 Å². The highest BCUT2D eigenvalue weighted by Gasteiger charge is 2.22. The molecule has 0 amide bonds. The Hall–Kier alpha value is -2.53. The Labute approximate surface area is 182 Å². The summed E-state index contributed by atoms with van der Waals surface area (Å²) in [5, 5.41) is 6.36. The summed E-state index contributed by atoms with van der Waals surface area (Å²) in [5.74, 6) is 3.25. The largest absolute Gasteiger partial charge is 0.454 e. The fraction of sp³-hybridized carbons (Fsp3) is 0.400. The Bertz CT molecular complexity index is 991. The van der Waals surface area contributed by atoms with Gasteiger partial charge in [-0.05, 0) is 55.2 Å². The van der Waals surface area contributed by atoms with Gasteiger partial charge in [-0.2, -0.15) is 0 Å². The maximum atomic E-state index is 5.45. The van der Waals surface area contributed by atoms with E-state index in [1.807, 2.05) is 18.2 Å². The molecule has 0 radical (unpaired) electrons. The number of aromatic nitrogens is 1. The van der Waals surface area contributed by atoms with Crippen LogP contribution in [0.25, 0.3) is 11.3 Å². The van der Waals surface area contributed by atoms with Crippen molar-refractivity contribution < 1.29 is 9.47 Å². The first-order valence-corrected chi connectivity index (χ1v) is 11.9. The summed E-state index contributed by atoms with van der Waals surface area (Å²) in [6.45, 7) is 2.59. The Kier molecular flexibility index (Phi) is 5.63. The van der Waals surface area contributed by atoms with E-state index in [2.05, 4.69) is 41.9 Å². The molecule has 1 aromatic heterocycles. The van der Waals surface area contributed by atoms with E-state index in [1.165, 1.54) is 49.7 Å². The molecule has 2 aliphatic rings. The van der Waals surface area contributed by atoms with E-state index >= 15 is 0 Å². The first-order chi connectivity index (χ1) is 14.8. The standard InChI is InChI=1S/C25H28N2O2S/c1-2-3-17-4-6-18(7-5-17)19-8-10-20(11-9-19)22-15-30-25(27-22)26-21-12-13-23-24(14-21)29-16-28-23/h8-15,17-18H,2-7,16H2,1H3,(H,26,27). The van der Waals surface area contributed by atoms with Crippen molar-refractivity contribution in [2.45, 2.75) is 51.4 Å². The quantitative estimate of drug-likeness (QED) is 0.452. The van der Waals surface area contributed by atoms with Crippen molar-refractivity contribution in [3.05, 3.63) is 53.4 Å². The van der Waals surface area contributed by atoms with Gasteiger partial charge in [0, 0.05) is 22.7 Å². The van der Waals surface area contributed by atoms with Crippen LogP contribution >= 0.6 is 11.3 Å². The molecule has 1 N–H and O–H groups in total. The van der Waals surface area contributed by atoms with Gasteiger partial charge >= 0.3 is 0 Å². The first kappa shape index (κ1) is 19.4. The summed E-state index contributed by atoms with van der Waals surface area (Å²) in [7, 11) is 0. The average molecular weight is 421 g/mol. The molecule has 156 valence electrons. The van der Waals surface area contributed by atoms with E-state index < -0.39 is 0 Å². The van der Waals surface area contributed by atoms with Crippen LogP contribution in [0, 0.1) is 5.92 Å². The van der Waals surface area contributed by atoms with Gasteiger partial charge in [-0.15, -0.1) is 11.3 Å². The number of fused-ring (bicyclic) bond motifs is 1. The molecular weight excluding hydrogens is 392 g/mol. The third-order valence-electron chi connectivity index (χ3n) is 6.35. The lowest BCUT2D eigenvalue weighted by atomic mass is 9.77. The fourth-order valence-electron chi connectivity index (χ4n) is 4.68. The maximum Gasteiger partial charge on any atom is 0.231 e. The third kappa shape index (κ3) is 4.17. The molecule has 0 atom stereocenters. The van der Waals surface area contributed by atoms with Crippen molar-refractivity contribution in [1.82, 2.24) is 4.98 Å². The van der Waals surface area contributed by atoms with Crippen LogP contribution in [0.2, 0.25) is 0 Å². The Morgan fingerprint density at radius 1 is 1.00 bits per heavy atom. The summed E-state index contributed by atoms with van der Waals surface area (Å²) in [4.78, 5) is 4.78. The number of hydrogen-bond acceptors (Lipinski definition) is 5. The van der Waals surface area contributed by atoms with Gasteiger partial charge in [0.2, 0.25) is 6.79 Å². The van der Waals surface area contributed by atoms with Crippen molar-refractivity contribution in [3.8, 4) is 22.8 Å². The van der Waals surface area contributed by atoms with Gasteiger partial charge in [-0.25, -0.2) is 4.98 Å². The fourth-order valence-corrected chi connectivity index (χ4v) is 5.42. The van der Waals surface area contributed by atoms with Crippen LogP contribution in [0.1, 0.15) is 56.9 Å². The van der Waals surface area contributed by atoms with Gasteiger partial charge in [0.05, 0.1) is 5.69 Å². The molecule has 1 aliphatic carbocycles. The molecule has 0 saturated heterocycles. The van der Waals surface area contributed by atoms with E-state index in [-0.39, 0.29) is 6.79 Å². The van der Waals surface area contributed by atoms with Gasteiger partial charge in [-0.3, -0.25) is 0 Å². The molecule has 2 heterocycles. The molecule has 4 nitrogen and oxygen atoms in total. The van der Waals surface area contributed by atoms with Crippen molar-refractivity contribution >= 4 is 22.2 Å². The lowest BCUT2D eigenvalue weighted by Gasteiger charge is -2.28. The van der Waals surface area contributed by atoms with Gasteiger partial charge < -0.3 is 14.8 Å². The number of hydrogen-bond donors (Lipinski definition) is 1. The summed E-state index contributed by atoms with van der Waals surface area (Å²) < 4.78 is 10.8. The molecule has 0 bridgehead atoms. The second-order valence-electron chi connectivity index (χ2n) is 8.36. The molecule has 5 rings (SSSR count). The molecule has 0 unspecified atom stereocenters. The Balaban J connectivity index is 1.23. The minimum Gasteiger partial charge on any atom is -0.454 e. The average Bonchev–Trinajstić information content (AvgIpc) is 3.44. The smallest absolute Gasteiger partial charge is 0.231 e. The zero-order chi connectivity index (χ0) is 20.3. The van der Waals surface area contributed by atoms with Crippen molar-refractivity contribution in [2.75, 3.05) is 12.1 Å². The van der Waals surface area contributed by atoms with Gasteiger partial charge in [0.25, 0.3) is 0 Å². The van der Waals surface area contributed by atoms with Crippen LogP contribution in [0.15, 0.2) is 47.8 Å². The third-order valence-corrected chi connectivity index (χ3v) is 7.11. The van der Waals surface area contributed by atoms with Crippen LogP contribution < -0.4 is 14.8 Å². The molecule has 0 spiro atoms. The zero-order valence-corrected chi connectivity index (χ0v) is 18.2. The van der Waals surface area contributed by atoms with Crippen LogP contribution in [0.5, 0.6) is 11.5 Å². The summed E-state index contributed by atoms with van der Waals surface area (Å²) in [6.07, 6.45) is 8.18. The molecule has 1 aliphatic heterocycles. The lowest BCUT2D eigenvalue weighted by molar-refractivity contribution is 0.174. The summed E-state index contributed by atoms with van der Waals surface area (Å²) in [6, 6.07) is 14.9. The van der Waals surface area contributed by atoms with E-state index in [4.69, 9.17) is 14.5 Å². The highest BCUT2D eigenvalue weighted by Crippen LogP contribution is 2.39. The predicted octanol–water partition coefficient (Wildman–Crippen LogP) is 7.36. The topological polar surface area (TPSA) is 43.4 Å². The number of anilines is 2. The second kappa shape index (κ2) is 8.68. The highest BCUT2D eigenvalue weighted by molar-refractivity contribution is 7.14. The Morgan fingerprint density at radius 3 is 2.60 bits per heavy atom. The minimum atomic E-state index is 0.288. The van der Waals surface area contributed by atoms with Crippen LogP contribution in [-0.4, -0.2) is 11.8 Å². The number of benzene rings is 2. The number of ether oxygens (including phenoxy) is 2. The molecule has 1 fully saturated rings. The predicted molar refractivity (Wildman–Crippen MR) is 123 cm³/mol. The van der Waals surface area contributed by atoms with E-state index in [1.54, 1.807) is 11.3 Å².